The highest BCUT2D eigenvalue weighted by atomic mass is 16.5. The quantitative estimate of drug-likeness (QED) is 0.835. The minimum Gasteiger partial charge on any atom is -0.485 e. The summed E-state index contributed by atoms with van der Waals surface area (Å²) in [4.78, 5) is 21.8. The second kappa shape index (κ2) is 5.29. The van der Waals surface area contributed by atoms with E-state index in [9.17, 15) is 9.90 Å². The predicted molar refractivity (Wildman–Crippen MR) is 91.4 cm³/mol. The SMILES string of the molecule is Cc1nc2cc3c(cc2c(=O)[nH]1)[C@H](N1CCCC1)[C@@H](O)C(C)(C)O3. The molecular weight excluding hydrogens is 306 g/mol. The van der Waals surface area contributed by atoms with Crippen LogP contribution in [-0.2, 0) is 0 Å². The molecule has 3 heterocycles. The van der Waals surface area contributed by atoms with E-state index in [4.69, 9.17) is 4.74 Å². The van der Waals surface area contributed by atoms with Crippen molar-refractivity contribution < 1.29 is 9.84 Å². The molecule has 2 aliphatic heterocycles. The van der Waals surface area contributed by atoms with Crippen molar-refractivity contribution in [2.24, 2.45) is 0 Å². The predicted octanol–water partition coefficient (Wildman–Crippen LogP) is 1.90. The van der Waals surface area contributed by atoms with Crippen molar-refractivity contribution in [1.82, 2.24) is 14.9 Å². The van der Waals surface area contributed by atoms with Gasteiger partial charge in [0.05, 0.1) is 16.9 Å². The Labute approximate surface area is 140 Å². The number of hydrogen-bond donors (Lipinski definition) is 2. The largest absolute Gasteiger partial charge is 0.485 e. The van der Waals surface area contributed by atoms with Gasteiger partial charge in [-0.3, -0.25) is 9.69 Å². The Morgan fingerprint density at radius 2 is 2.04 bits per heavy atom. The van der Waals surface area contributed by atoms with Crippen LogP contribution in [0, 0.1) is 6.92 Å². The van der Waals surface area contributed by atoms with E-state index in [1.54, 1.807) is 6.92 Å². The molecule has 6 heteroatoms. The summed E-state index contributed by atoms with van der Waals surface area (Å²) in [6.45, 7) is 7.49. The minimum atomic E-state index is -0.690. The van der Waals surface area contributed by atoms with Crippen LogP contribution in [0.15, 0.2) is 16.9 Å². The van der Waals surface area contributed by atoms with Crippen LogP contribution < -0.4 is 10.3 Å². The summed E-state index contributed by atoms with van der Waals surface area (Å²) in [5.41, 5.74) is 0.666. The highest BCUT2D eigenvalue weighted by Gasteiger charge is 2.46. The first-order valence-corrected chi connectivity index (χ1v) is 8.52. The summed E-state index contributed by atoms with van der Waals surface area (Å²) < 4.78 is 6.08. The average Bonchev–Trinajstić information content (AvgIpc) is 3.01. The van der Waals surface area contributed by atoms with Gasteiger partial charge in [-0.1, -0.05) is 0 Å². The molecule has 0 aliphatic carbocycles. The Hall–Kier alpha value is -1.92. The van der Waals surface area contributed by atoms with Gasteiger partial charge in [-0.15, -0.1) is 0 Å². The number of nitrogens with zero attached hydrogens (tertiary/aromatic N) is 2. The van der Waals surface area contributed by atoms with Gasteiger partial charge >= 0.3 is 0 Å². The molecule has 6 nitrogen and oxygen atoms in total. The van der Waals surface area contributed by atoms with Crippen molar-refractivity contribution in [2.45, 2.75) is 51.4 Å². The first-order chi connectivity index (χ1) is 11.4. The first kappa shape index (κ1) is 15.6. The lowest BCUT2D eigenvalue weighted by atomic mass is 9.85. The zero-order valence-corrected chi connectivity index (χ0v) is 14.3. The molecule has 2 N–H and O–H groups in total. The fraction of sp³-hybridized carbons (Fsp3) is 0.556. The van der Waals surface area contributed by atoms with Gasteiger partial charge in [0.2, 0.25) is 0 Å². The van der Waals surface area contributed by atoms with Gasteiger partial charge in [0.1, 0.15) is 23.3 Å². The second-order valence-electron chi connectivity index (χ2n) is 7.40. The monoisotopic (exact) mass is 329 g/mol. The Morgan fingerprint density at radius 1 is 1.33 bits per heavy atom. The van der Waals surface area contributed by atoms with Crippen molar-refractivity contribution >= 4 is 10.9 Å². The van der Waals surface area contributed by atoms with Crippen molar-refractivity contribution in [3.63, 3.8) is 0 Å². The molecule has 1 fully saturated rings. The van der Waals surface area contributed by atoms with Crippen LogP contribution in [0.2, 0.25) is 0 Å². The molecule has 4 rings (SSSR count). The number of aryl methyl sites for hydroxylation is 1. The van der Waals surface area contributed by atoms with Gasteiger partial charge in [-0.25, -0.2) is 4.98 Å². The molecule has 0 unspecified atom stereocenters. The molecular formula is C18H23N3O3. The normalized spacial score (nSPS) is 26.3. The number of H-pyrrole nitrogens is 1. The zero-order chi connectivity index (χ0) is 17.1. The van der Waals surface area contributed by atoms with Gasteiger partial charge < -0.3 is 14.8 Å². The lowest BCUT2D eigenvalue weighted by Crippen LogP contribution is -2.53. The van der Waals surface area contributed by atoms with Gasteiger partial charge in [-0.2, -0.15) is 0 Å². The third-order valence-corrected chi connectivity index (χ3v) is 5.19. The van der Waals surface area contributed by atoms with Crippen LogP contribution in [0.3, 0.4) is 0 Å². The average molecular weight is 329 g/mol. The smallest absolute Gasteiger partial charge is 0.258 e. The molecule has 2 atom stereocenters. The van der Waals surface area contributed by atoms with Crippen molar-refractivity contribution in [3.05, 3.63) is 33.9 Å². The summed E-state index contributed by atoms with van der Waals surface area (Å²) in [5, 5.41) is 11.5. The van der Waals surface area contributed by atoms with E-state index in [2.05, 4.69) is 14.9 Å². The number of benzene rings is 1. The maximum atomic E-state index is 12.3. The van der Waals surface area contributed by atoms with Crippen LogP contribution in [0.25, 0.3) is 10.9 Å². The van der Waals surface area contributed by atoms with Crippen LogP contribution >= 0.6 is 0 Å². The Bertz CT molecular complexity index is 852. The second-order valence-corrected chi connectivity index (χ2v) is 7.40. The molecule has 0 saturated carbocycles. The summed E-state index contributed by atoms with van der Waals surface area (Å²) in [6.07, 6.45) is 1.61. The molecule has 1 saturated heterocycles. The first-order valence-electron chi connectivity index (χ1n) is 8.52. The fourth-order valence-electron chi connectivity index (χ4n) is 3.93. The van der Waals surface area contributed by atoms with Crippen molar-refractivity contribution in [3.8, 4) is 5.75 Å². The third kappa shape index (κ3) is 2.32. The fourth-order valence-corrected chi connectivity index (χ4v) is 3.93. The summed E-state index contributed by atoms with van der Waals surface area (Å²) in [5.74, 6) is 1.30. The molecule has 128 valence electrons. The molecule has 2 aromatic rings. The minimum absolute atomic E-state index is 0.153. The lowest BCUT2D eigenvalue weighted by Gasteiger charge is -2.45. The van der Waals surface area contributed by atoms with E-state index < -0.39 is 11.7 Å². The topological polar surface area (TPSA) is 78.5 Å². The zero-order valence-electron chi connectivity index (χ0n) is 14.3. The lowest BCUT2D eigenvalue weighted by molar-refractivity contribution is -0.0894. The summed E-state index contributed by atoms with van der Waals surface area (Å²) in [7, 11) is 0. The van der Waals surface area contributed by atoms with Gasteiger partial charge in [-0.05, 0) is 52.8 Å². The number of rotatable bonds is 1. The maximum Gasteiger partial charge on any atom is 0.258 e. The number of nitrogens with one attached hydrogen (secondary N) is 1. The van der Waals surface area contributed by atoms with Crippen LogP contribution in [0.1, 0.15) is 44.1 Å². The maximum absolute atomic E-state index is 12.3. The number of likely N-dealkylation sites (tertiary alicyclic amines) is 1. The van der Waals surface area contributed by atoms with Crippen LogP contribution in [0.5, 0.6) is 5.75 Å². The van der Waals surface area contributed by atoms with E-state index in [1.807, 2.05) is 26.0 Å². The molecule has 1 aromatic heterocycles. The Kier molecular flexibility index (Phi) is 3.44. The molecule has 0 bridgehead atoms. The number of aromatic amines is 1. The van der Waals surface area contributed by atoms with Gasteiger partial charge in [0.25, 0.3) is 5.56 Å². The number of ether oxygens (including phenoxy) is 1. The van der Waals surface area contributed by atoms with Crippen LogP contribution in [-0.4, -0.2) is 44.8 Å². The number of hydrogen-bond acceptors (Lipinski definition) is 5. The molecule has 0 amide bonds. The van der Waals surface area contributed by atoms with Gasteiger partial charge in [0, 0.05) is 11.6 Å². The van der Waals surface area contributed by atoms with E-state index in [0.717, 1.165) is 31.5 Å². The van der Waals surface area contributed by atoms with E-state index in [1.165, 1.54) is 0 Å². The standard InChI is InChI=1S/C18H23N3O3/c1-10-19-13-9-14-12(8-11(13)17(23)20-10)15(21-6-4-5-7-21)16(22)18(2,3)24-14/h8-9,15-16,22H,4-7H2,1-3H3,(H,19,20,23)/t15-,16+/m0/s1. The van der Waals surface area contributed by atoms with E-state index in [0.29, 0.717) is 22.5 Å². The molecule has 1 aromatic carbocycles. The number of aromatic nitrogens is 2. The molecule has 24 heavy (non-hydrogen) atoms. The van der Waals surface area contributed by atoms with E-state index >= 15 is 0 Å². The highest BCUT2D eigenvalue weighted by Crippen LogP contribution is 2.44. The number of fused-ring (bicyclic) bond motifs is 2. The van der Waals surface area contributed by atoms with Gasteiger partial charge in [0.15, 0.2) is 0 Å². The Morgan fingerprint density at radius 3 is 2.75 bits per heavy atom. The molecule has 0 radical (unpaired) electrons. The van der Waals surface area contributed by atoms with Crippen molar-refractivity contribution in [2.75, 3.05) is 13.1 Å². The summed E-state index contributed by atoms with van der Waals surface area (Å²) >= 11 is 0. The van der Waals surface area contributed by atoms with Crippen LogP contribution in [0.4, 0.5) is 0 Å². The third-order valence-electron chi connectivity index (χ3n) is 5.19. The van der Waals surface area contributed by atoms with Crippen molar-refractivity contribution in [1.29, 1.82) is 0 Å². The molecule has 0 spiro atoms. The summed E-state index contributed by atoms with van der Waals surface area (Å²) in [6, 6.07) is 3.53. The highest BCUT2D eigenvalue weighted by molar-refractivity contribution is 5.81. The number of aliphatic hydroxyl groups excluding tert-OH is 1. The molecule has 2 aliphatic rings. The van der Waals surface area contributed by atoms with E-state index in [-0.39, 0.29) is 11.6 Å². The number of aliphatic hydroxyl groups is 1. The Balaban J connectivity index is 1.94.